The molecule has 2 aromatic carbocycles. The predicted molar refractivity (Wildman–Crippen MR) is 137 cm³/mol. The molecule has 2 heterocycles. The lowest BCUT2D eigenvalue weighted by Gasteiger charge is -2.47. The quantitative estimate of drug-likeness (QED) is 0.247. The molecule has 3 aromatic rings. The number of fused-ring (bicyclic) bond motifs is 2. The Kier molecular flexibility index (Phi) is 7.05. The Labute approximate surface area is 202 Å². The van der Waals surface area contributed by atoms with Crippen molar-refractivity contribution in [3.8, 4) is 0 Å². The third-order valence-electron chi connectivity index (χ3n) is 5.95. The molecule has 1 unspecified atom stereocenters. The van der Waals surface area contributed by atoms with Crippen molar-refractivity contribution >= 4 is 51.1 Å². The molecule has 0 aliphatic carbocycles. The zero-order chi connectivity index (χ0) is 23.6. The summed E-state index contributed by atoms with van der Waals surface area (Å²) in [4.78, 5) is 19.0. The van der Waals surface area contributed by atoms with E-state index in [1.165, 1.54) is 18.0 Å². The van der Waals surface area contributed by atoms with Gasteiger partial charge in [-0.15, -0.1) is 11.3 Å². The van der Waals surface area contributed by atoms with Gasteiger partial charge < -0.3 is 4.90 Å². The lowest BCUT2D eigenvalue weighted by molar-refractivity contribution is -0.118. The molecular weight excluding hydrogens is 455 g/mol. The first kappa shape index (κ1) is 23.7. The maximum absolute atomic E-state index is 14.9. The number of para-hydroxylation sites is 1. The number of amides is 1. The third-order valence-corrected chi connectivity index (χ3v) is 8.12. The van der Waals surface area contributed by atoms with E-state index in [2.05, 4.69) is 48.1 Å². The number of aromatic nitrogens is 1. The number of hydrogen-bond acceptors (Lipinski definition) is 6. The average molecular weight is 485 g/mol. The van der Waals surface area contributed by atoms with Crippen LogP contribution < -0.4 is 10.3 Å². The molecule has 8 heteroatoms. The van der Waals surface area contributed by atoms with E-state index < -0.39 is 0 Å². The van der Waals surface area contributed by atoms with E-state index in [-0.39, 0.29) is 23.0 Å². The highest BCUT2D eigenvalue weighted by Gasteiger charge is 2.36. The minimum absolute atomic E-state index is 0.0145. The lowest BCUT2D eigenvalue weighted by Crippen LogP contribution is -2.48. The molecule has 0 radical (unpaired) electrons. The van der Waals surface area contributed by atoms with Crippen LogP contribution in [0.3, 0.4) is 0 Å². The highest BCUT2D eigenvalue weighted by molar-refractivity contribution is 8.01. The zero-order valence-corrected chi connectivity index (χ0v) is 21.0. The molecule has 1 aliphatic rings. The second-order valence-corrected chi connectivity index (χ2v) is 11.3. The normalized spacial score (nSPS) is 17.5. The van der Waals surface area contributed by atoms with Gasteiger partial charge in [0.05, 0.1) is 22.2 Å². The van der Waals surface area contributed by atoms with Gasteiger partial charge in [0.25, 0.3) is 5.91 Å². The molecule has 5 nitrogen and oxygen atoms in total. The summed E-state index contributed by atoms with van der Waals surface area (Å²) in [5.41, 5.74) is 5.90. The van der Waals surface area contributed by atoms with E-state index in [0.717, 1.165) is 45.2 Å². The Morgan fingerprint density at radius 3 is 2.94 bits per heavy atom. The number of thiazole rings is 1. The molecule has 0 spiro atoms. The van der Waals surface area contributed by atoms with Crippen LogP contribution in [0.4, 0.5) is 10.1 Å². The Balaban J connectivity index is 1.41. The molecule has 1 N–H and O–H groups in total. The number of anilines is 1. The number of thioether (sulfide) groups is 1. The Bertz CT molecular complexity index is 1160. The van der Waals surface area contributed by atoms with Crippen molar-refractivity contribution in [2.24, 2.45) is 5.10 Å². The van der Waals surface area contributed by atoms with Gasteiger partial charge in [-0.2, -0.15) is 5.10 Å². The Morgan fingerprint density at radius 2 is 2.18 bits per heavy atom. The zero-order valence-electron chi connectivity index (χ0n) is 19.4. The van der Waals surface area contributed by atoms with Crippen LogP contribution >= 0.6 is 23.1 Å². The number of benzene rings is 2. The van der Waals surface area contributed by atoms with Crippen molar-refractivity contribution in [2.45, 2.75) is 56.3 Å². The van der Waals surface area contributed by atoms with Crippen molar-refractivity contribution in [3.63, 3.8) is 0 Å². The van der Waals surface area contributed by atoms with Crippen LogP contribution in [0.2, 0.25) is 0 Å². The molecule has 1 amide bonds. The van der Waals surface area contributed by atoms with Gasteiger partial charge in [0, 0.05) is 23.3 Å². The highest BCUT2D eigenvalue weighted by atomic mass is 32.2. The summed E-state index contributed by atoms with van der Waals surface area (Å²) in [7, 11) is 0. The number of carbonyl (C=O) groups excluding carboxylic acids is 1. The van der Waals surface area contributed by atoms with Gasteiger partial charge in [0.2, 0.25) is 0 Å². The van der Waals surface area contributed by atoms with E-state index in [0.29, 0.717) is 11.5 Å². The number of carbonyl (C=O) groups is 1. The molecule has 174 valence electrons. The predicted octanol–water partition coefficient (Wildman–Crippen LogP) is 6.18. The molecule has 1 atom stereocenters. The van der Waals surface area contributed by atoms with Gasteiger partial charge in [-0.05, 0) is 62.4 Å². The molecule has 0 bridgehead atoms. The number of nitrogens with zero attached hydrogens (tertiary/aromatic N) is 3. The number of halogens is 1. The number of nitrogens with one attached hydrogen (secondary N) is 1. The van der Waals surface area contributed by atoms with Crippen LogP contribution in [-0.2, 0) is 4.79 Å². The SMILES string of the molecule is CCCN1c2cc(F)c(/C=N/NC(=O)CSc3nc4ccccc4s3)cc2C(C)CC1(C)C. The standard InChI is InChI=1S/C25H29FN4OS2/c1-5-10-30-21-12-19(26)17(11-18(21)16(2)13-25(30,3)4)14-27-29-23(31)15-32-24-28-20-8-6-7-9-22(20)33-24/h6-9,11-12,14,16H,5,10,13,15H2,1-4H3,(H,29,31)/b27-14+. The van der Waals surface area contributed by atoms with Crippen molar-refractivity contribution < 1.29 is 9.18 Å². The molecule has 33 heavy (non-hydrogen) atoms. The second kappa shape index (κ2) is 9.81. The van der Waals surface area contributed by atoms with E-state index in [1.54, 1.807) is 17.4 Å². The average Bonchev–Trinajstić information content (AvgIpc) is 3.19. The molecule has 1 aliphatic heterocycles. The topological polar surface area (TPSA) is 57.6 Å². The molecule has 1 aromatic heterocycles. The van der Waals surface area contributed by atoms with Crippen LogP contribution in [0.5, 0.6) is 0 Å². The lowest BCUT2D eigenvalue weighted by atomic mass is 9.79. The summed E-state index contributed by atoms with van der Waals surface area (Å²) in [6, 6.07) is 11.4. The van der Waals surface area contributed by atoms with Gasteiger partial charge in [-0.3, -0.25) is 4.79 Å². The maximum atomic E-state index is 14.9. The molecule has 0 saturated heterocycles. The van der Waals surface area contributed by atoms with E-state index in [1.807, 2.05) is 30.3 Å². The summed E-state index contributed by atoms with van der Waals surface area (Å²) >= 11 is 2.93. The second-order valence-electron chi connectivity index (χ2n) is 9.03. The third kappa shape index (κ3) is 5.22. The fourth-order valence-corrected chi connectivity index (χ4v) is 6.37. The van der Waals surface area contributed by atoms with Crippen molar-refractivity contribution in [1.29, 1.82) is 0 Å². The summed E-state index contributed by atoms with van der Waals surface area (Å²) in [6.07, 6.45) is 3.40. The Morgan fingerprint density at radius 1 is 1.39 bits per heavy atom. The van der Waals surface area contributed by atoms with Crippen molar-refractivity contribution in [2.75, 3.05) is 17.2 Å². The fraction of sp³-hybridized carbons (Fsp3) is 0.400. The maximum Gasteiger partial charge on any atom is 0.250 e. The summed E-state index contributed by atoms with van der Waals surface area (Å²) in [6.45, 7) is 9.66. The first-order chi connectivity index (χ1) is 15.8. The van der Waals surface area contributed by atoms with Gasteiger partial charge in [-0.25, -0.2) is 14.8 Å². The van der Waals surface area contributed by atoms with Crippen molar-refractivity contribution in [3.05, 3.63) is 53.3 Å². The van der Waals surface area contributed by atoms with Gasteiger partial charge >= 0.3 is 0 Å². The molecule has 0 fully saturated rings. The first-order valence-corrected chi connectivity index (χ1v) is 13.0. The van der Waals surface area contributed by atoms with E-state index in [9.17, 15) is 9.18 Å². The van der Waals surface area contributed by atoms with Crippen LogP contribution in [0.25, 0.3) is 10.2 Å². The van der Waals surface area contributed by atoms with E-state index >= 15 is 0 Å². The van der Waals surface area contributed by atoms with Crippen LogP contribution in [-0.4, -0.2) is 34.9 Å². The smallest absolute Gasteiger partial charge is 0.250 e. The summed E-state index contributed by atoms with van der Waals surface area (Å²) in [5, 5.41) is 4.01. The minimum Gasteiger partial charge on any atom is -0.366 e. The summed E-state index contributed by atoms with van der Waals surface area (Å²) in [5.74, 6) is -0.0718. The highest BCUT2D eigenvalue weighted by Crippen LogP contribution is 2.44. The first-order valence-electron chi connectivity index (χ1n) is 11.2. The van der Waals surface area contributed by atoms with Crippen LogP contribution in [0.1, 0.15) is 57.6 Å². The molecule has 4 rings (SSSR count). The Hall–Kier alpha value is -2.45. The van der Waals surface area contributed by atoms with Gasteiger partial charge in [0.1, 0.15) is 5.82 Å². The number of hydrazone groups is 1. The fourth-order valence-electron chi connectivity index (χ4n) is 4.51. The number of rotatable bonds is 7. The van der Waals surface area contributed by atoms with Gasteiger partial charge in [-0.1, -0.05) is 37.7 Å². The van der Waals surface area contributed by atoms with E-state index in [4.69, 9.17) is 0 Å². The van der Waals surface area contributed by atoms with Crippen LogP contribution in [0, 0.1) is 5.82 Å². The molecular formula is C25H29FN4OS2. The monoisotopic (exact) mass is 484 g/mol. The minimum atomic E-state index is -0.332. The van der Waals surface area contributed by atoms with Crippen molar-refractivity contribution in [1.82, 2.24) is 10.4 Å². The largest absolute Gasteiger partial charge is 0.366 e. The van der Waals surface area contributed by atoms with Gasteiger partial charge in [0.15, 0.2) is 4.34 Å². The molecule has 0 saturated carbocycles. The van der Waals surface area contributed by atoms with Crippen LogP contribution in [0.15, 0.2) is 45.8 Å². The number of hydrogen-bond donors (Lipinski definition) is 1. The summed E-state index contributed by atoms with van der Waals surface area (Å²) < 4.78 is 16.9.